The molecule has 112 valence electrons. The number of hydrogen-bond acceptors (Lipinski definition) is 6. The van der Waals surface area contributed by atoms with Gasteiger partial charge in [-0.15, -0.1) is 0 Å². The number of rotatable bonds is 6. The van der Waals surface area contributed by atoms with Crippen molar-refractivity contribution in [3.63, 3.8) is 0 Å². The Morgan fingerprint density at radius 3 is 2.90 bits per heavy atom. The number of sulfonamides is 1. The molecule has 0 bridgehead atoms. The van der Waals surface area contributed by atoms with E-state index in [9.17, 15) is 13.2 Å². The number of anilines is 1. The normalized spacial score (nSPS) is 10.9. The second kappa shape index (κ2) is 6.27. The number of methoxy groups -OCH3 is 1. The molecule has 0 aliphatic carbocycles. The number of H-pyrrole nitrogens is 1. The van der Waals surface area contributed by atoms with Crippen LogP contribution >= 0.6 is 0 Å². The Morgan fingerprint density at radius 2 is 2.24 bits per heavy atom. The molecule has 0 unspecified atom stereocenters. The molecule has 1 aromatic heterocycles. The van der Waals surface area contributed by atoms with Crippen LogP contribution in [0.3, 0.4) is 0 Å². The highest BCUT2D eigenvalue weighted by Gasteiger charge is 2.15. The third-order valence-corrected chi connectivity index (χ3v) is 3.74. The Morgan fingerprint density at radius 1 is 1.43 bits per heavy atom. The summed E-state index contributed by atoms with van der Waals surface area (Å²) in [6, 6.07) is 6.20. The number of aromatic amines is 1. The molecule has 2 N–H and O–H groups in total. The molecular weight excluding hydrogens is 298 g/mol. The van der Waals surface area contributed by atoms with Crippen molar-refractivity contribution < 1.29 is 22.7 Å². The quantitative estimate of drug-likeness (QED) is 0.762. The second-order valence-corrected chi connectivity index (χ2v) is 5.56. The van der Waals surface area contributed by atoms with E-state index in [0.717, 1.165) is 0 Å². The molecule has 0 atom stereocenters. The van der Waals surface area contributed by atoms with Crippen molar-refractivity contribution in [2.24, 2.45) is 0 Å². The summed E-state index contributed by atoms with van der Waals surface area (Å²) >= 11 is 0. The summed E-state index contributed by atoms with van der Waals surface area (Å²) in [5.41, 5.74) is 0.298. The maximum atomic E-state index is 12.0. The van der Waals surface area contributed by atoms with Gasteiger partial charge in [0.2, 0.25) is 0 Å². The minimum Gasteiger partial charge on any atom is -0.482 e. The molecule has 0 fully saturated rings. The standard InChI is InChI=1S/C12H13N3O5S/c1-19-12(16)7-20-10-4-2-3-9(5-10)15-21(17,18)11-6-13-8-14-11/h2-6,8,15H,7H2,1H3,(H,13,14). The molecule has 8 nitrogen and oxygen atoms in total. The first-order chi connectivity index (χ1) is 10.0. The first kappa shape index (κ1) is 14.9. The molecule has 2 rings (SSSR count). The second-order valence-electron chi connectivity index (χ2n) is 3.91. The lowest BCUT2D eigenvalue weighted by Gasteiger charge is -2.09. The van der Waals surface area contributed by atoms with Crippen LogP contribution in [0, 0.1) is 0 Å². The third kappa shape index (κ3) is 3.96. The van der Waals surface area contributed by atoms with Crippen molar-refractivity contribution in [1.82, 2.24) is 9.97 Å². The molecule has 0 saturated heterocycles. The molecule has 21 heavy (non-hydrogen) atoms. The summed E-state index contributed by atoms with van der Waals surface area (Å²) in [7, 11) is -2.49. The fourth-order valence-corrected chi connectivity index (χ4v) is 2.41. The molecule has 0 amide bonds. The van der Waals surface area contributed by atoms with E-state index in [1.807, 2.05) is 0 Å². The van der Waals surface area contributed by atoms with E-state index in [4.69, 9.17) is 4.74 Å². The predicted octanol–water partition coefficient (Wildman–Crippen LogP) is 0.762. The Labute approximate surface area is 121 Å². The molecule has 9 heteroatoms. The van der Waals surface area contributed by atoms with Crippen LogP contribution in [0.4, 0.5) is 5.69 Å². The predicted molar refractivity (Wildman–Crippen MR) is 73.3 cm³/mol. The summed E-state index contributed by atoms with van der Waals surface area (Å²) in [6.45, 7) is -0.257. The Kier molecular flexibility index (Phi) is 4.43. The first-order valence-electron chi connectivity index (χ1n) is 5.82. The largest absolute Gasteiger partial charge is 0.482 e. The zero-order valence-corrected chi connectivity index (χ0v) is 11.9. The third-order valence-electron chi connectivity index (χ3n) is 2.43. The first-order valence-corrected chi connectivity index (χ1v) is 7.30. The van der Waals surface area contributed by atoms with E-state index in [0.29, 0.717) is 11.4 Å². The molecule has 0 aliphatic rings. The highest BCUT2D eigenvalue weighted by Crippen LogP contribution is 2.20. The van der Waals surface area contributed by atoms with Gasteiger partial charge in [0, 0.05) is 6.07 Å². The van der Waals surface area contributed by atoms with Crippen molar-refractivity contribution in [2.75, 3.05) is 18.4 Å². The number of carbonyl (C=O) groups excluding carboxylic acids is 1. The topological polar surface area (TPSA) is 110 Å². The van der Waals surface area contributed by atoms with Crippen LogP contribution in [0.15, 0.2) is 41.8 Å². The van der Waals surface area contributed by atoms with Crippen LogP contribution < -0.4 is 9.46 Å². The fraction of sp³-hybridized carbons (Fsp3) is 0.167. The maximum Gasteiger partial charge on any atom is 0.343 e. The van der Waals surface area contributed by atoms with E-state index in [-0.39, 0.29) is 11.6 Å². The number of esters is 1. The van der Waals surface area contributed by atoms with Gasteiger partial charge >= 0.3 is 5.97 Å². The van der Waals surface area contributed by atoms with Crippen molar-refractivity contribution in [3.8, 4) is 5.75 Å². The highest BCUT2D eigenvalue weighted by molar-refractivity contribution is 7.92. The summed E-state index contributed by atoms with van der Waals surface area (Å²) in [5, 5.41) is -0.0524. The lowest BCUT2D eigenvalue weighted by Crippen LogP contribution is -2.14. The van der Waals surface area contributed by atoms with Gasteiger partial charge in [-0.2, -0.15) is 8.42 Å². The summed E-state index contributed by atoms with van der Waals surface area (Å²) in [6.07, 6.45) is 2.46. The number of imidazole rings is 1. The highest BCUT2D eigenvalue weighted by atomic mass is 32.2. The Bertz CT molecular complexity index is 712. The SMILES string of the molecule is COC(=O)COc1cccc(NS(=O)(=O)c2cnc[nH]2)c1. The molecule has 0 saturated carbocycles. The van der Waals surface area contributed by atoms with Gasteiger partial charge in [-0.25, -0.2) is 9.78 Å². The minimum absolute atomic E-state index is 0.0524. The van der Waals surface area contributed by atoms with Crippen LogP contribution in [-0.2, 0) is 19.6 Å². The summed E-state index contributed by atoms with van der Waals surface area (Å²) in [4.78, 5) is 17.1. The van der Waals surface area contributed by atoms with Crippen molar-refractivity contribution in [3.05, 3.63) is 36.8 Å². The number of ether oxygens (including phenoxy) is 2. The number of aromatic nitrogens is 2. The van der Waals surface area contributed by atoms with Crippen LogP contribution in [0.1, 0.15) is 0 Å². The molecule has 2 aromatic rings. The molecule has 0 aliphatic heterocycles. The van der Waals surface area contributed by atoms with E-state index in [1.165, 1.54) is 25.7 Å². The smallest absolute Gasteiger partial charge is 0.343 e. The lowest BCUT2D eigenvalue weighted by molar-refractivity contribution is -0.142. The zero-order valence-electron chi connectivity index (χ0n) is 11.1. The number of nitrogens with zero attached hydrogens (tertiary/aromatic N) is 1. The van der Waals surface area contributed by atoms with Crippen LogP contribution in [0.5, 0.6) is 5.75 Å². The van der Waals surface area contributed by atoms with Gasteiger partial charge in [0.25, 0.3) is 10.0 Å². The summed E-state index contributed by atoms with van der Waals surface area (Å²) < 4.78 is 36.0. The Balaban J connectivity index is 2.09. The maximum absolute atomic E-state index is 12.0. The van der Waals surface area contributed by atoms with E-state index in [1.54, 1.807) is 18.2 Å². The van der Waals surface area contributed by atoms with Crippen LogP contribution in [-0.4, -0.2) is 38.1 Å². The van der Waals surface area contributed by atoms with Crippen molar-refractivity contribution in [2.45, 2.75) is 5.03 Å². The van der Waals surface area contributed by atoms with Crippen LogP contribution in [0.2, 0.25) is 0 Å². The van der Waals surface area contributed by atoms with Gasteiger partial charge in [0.15, 0.2) is 11.6 Å². The number of carbonyl (C=O) groups is 1. The van der Waals surface area contributed by atoms with Gasteiger partial charge in [-0.3, -0.25) is 4.72 Å². The van der Waals surface area contributed by atoms with E-state index in [2.05, 4.69) is 19.4 Å². The van der Waals surface area contributed by atoms with Gasteiger partial charge in [-0.05, 0) is 12.1 Å². The molecule has 0 spiro atoms. The monoisotopic (exact) mass is 311 g/mol. The number of benzene rings is 1. The van der Waals surface area contributed by atoms with E-state index >= 15 is 0 Å². The minimum atomic E-state index is -3.74. The van der Waals surface area contributed by atoms with Gasteiger partial charge in [-0.1, -0.05) is 6.07 Å². The van der Waals surface area contributed by atoms with Gasteiger partial charge in [0.1, 0.15) is 5.75 Å². The number of hydrogen-bond donors (Lipinski definition) is 2. The van der Waals surface area contributed by atoms with E-state index < -0.39 is 16.0 Å². The summed E-state index contributed by atoms with van der Waals surface area (Å²) in [5.74, 6) is -0.191. The average Bonchev–Trinajstić information content (AvgIpc) is 2.99. The fourth-order valence-electron chi connectivity index (χ4n) is 1.45. The Hall–Kier alpha value is -2.55. The lowest BCUT2D eigenvalue weighted by atomic mass is 10.3. The van der Waals surface area contributed by atoms with Crippen molar-refractivity contribution >= 4 is 21.7 Å². The van der Waals surface area contributed by atoms with Gasteiger partial charge < -0.3 is 14.5 Å². The van der Waals surface area contributed by atoms with Gasteiger partial charge in [0.05, 0.1) is 25.3 Å². The van der Waals surface area contributed by atoms with Crippen molar-refractivity contribution in [1.29, 1.82) is 0 Å². The molecule has 1 aromatic carbocycles. The molecule has 0 radical (unpaired) electrons. The average molecular weight is 311 g/mol. The molecule has 1 heterocycles. The number of nitrogens with one attached hydrogen (secondary N) is 2. The zero-order chi connectivity index (χ0) is 15.3. The molecular formula is C12H13N3O5S. The van der Waals surface area contributed by atoms with Crippen LogP contribution in [0.25, 0.3) is 0 Å².